The van der Waals surface area contributed by atoms with Crippen molar-refractivity contribution in [3.05, 3.63) is 10.1 Å². The zero-order valence-electron chi connectivity index (χ0n) is 9.10. The molecule has 0 radical (unpaired) electrons. The van der Waals surface area contributed by atoms with Gasteiger partial charge in [0.2, 0.25) is 6.04 Å². The molecule has 0 aromatic rings. The molecule has 1 saturated carbocycles. The minimum absolute atomic E-state index is 0. The summed E-state index contributed by atoms with van der Waals surface area (Å²) in [5, 5.41) is 26.8. The molecule has 8 heteroatoms. The molecule has 76 valence electrons. The Balaban J connectivity index is -0.000000213. The molecule has 0 saturated heterocycles. The van der Waals surface area contributed by atoms with Gasteiger partial charge in [0.15, 0.2) is 0 Å². The first-order valence-electron chi connectivity index (χ1n) is 4.05. The van der Waals surface area contributed by atoms with Gasteiger partial charge in [0.1, 0.15) is 0 Å². The molecule has 6 nitrogen and oxygen atoms in total. The largest absolute Gasteiger partial charge is 1.00 e. The van der Waals surface area contributed by atoms with Gasteiger partial charge in [0, 0.05) is 17.8 Å². The normalized spacial score (nSPS) is 14.7. The molecule has 0 heterocycles. The fraction of sp³-hybridized carbons (Fsp3) is 0.857. The van der Waals surface area contributed by atoms with Crippen LogP contribution in [0.1, 0.15) is 32.1 Å². The molecule has 0 unspecified atom stereocenters. The number of carbonyl (C=O) groups excluding carboxylic acids is 1. The molecular weight excluding hydrogens is 256 g/mol. The molecule has 1 aliphatic carbocycles. The van der Waals surface area contributed by atoms with E-state index in [-0.39, 0.29) is 114 Å². The van der Waals surface area contributed by atoms with Crippen LogP contribution in [0.25, 0.3) is 0 Å². The molecule has 1 rings (SSSR count). The van der Waals surface area contributed by atoms with Crippen molar-refractivity contribution < 1.29 is 123 Å². The maximum atomic E-state index is 10.2. The maximum Gasteiger partial charge on any atom is 1.00 e. The Morgan fingerprint density at radius 3 is 1.60 bits per heavy atom. The van der Waals surface area contributed by atoms with E-state index in [9.17, 15) is 10.1 Å². The molecule has 0 aromatic heterocycles. The van der Waals surface area contributed by atoms with E-state index in [1.54, 1.807) is 0 Å². The number of hydrogen-bond acceptors (Lipinski definition) is 5. The zero-order chi connectivity index (χ0) is 10.3. The van der Waals surface area contributed by atoms with Gasteiger partial charge in [0.05, 0.1) is 0 Å². The summed E-state index contributed by atoms with van der Waals surface area (Å²) in [6.07, 6.45) is 2.54. The Kier molecular flexibility index (Phi) is 20.7. The molecule has 0 spiro atoms. The van der Waals surface area contributed by atoms with Crippen molar-refractivity contribution in [2.45, 2.75) is 38.1 Å². The number of carboxylic acid groups (broad SMARTS) is 2. The predicted molar refractivity (Wildman–Crippen MR) is 39.3 cm³/mol. The summed E-state index contributed by atoms with van der Waals surface area (Å²) in [6, 6.07) is -0.223. The minimum Gasteiger partial charge on any atom is -0.652 e. The number of carbonyl (C=O) groups is 1. The first kappa shape index (κ1) is 22.2. The summed E-state index contributed by atoms with van der Waals surface area (Å²) < 4.78 is 0. The molecule has 0 aliphatic heterocycles. The van der Waals surface area contributed by atoms with Crippen molar-refractivity contribution in [3.8, 4) is 0 Å². The number of hydrogen-bond donors (Lipinski definition) is 0. The van der Waals surface area contributed by atoms with Gasteiger partial charge < -0.3 is 15.0 Å². The molecular formula is C7H11K2NO5. The Labute approximate surface area is 173 Å². The molecule has 0 N–H and O–H groups in total. The van der Waals surface area contributed by atoms with Gasteiger partial charge in [-0.15, -0.1) is 0 Å². The first-order chi connectivity index (χ1) is 6.04. The molecule has 1 aliphatic rings. The van der Waals surface area contributed by atoms with E-state index < -0.39 is 6.16 Å². The molecule has 15 heavy (non-hydrogen) atoms. The van der Waals surface area contributed by atoms with Crippen LogP contribution in [0, 0.1) is 10.1 Å². The quantitative estimate of drug-likeness (QED) is 0.267. The molecule has 0 amide bonds. The van der Waals surface area contributed by atoms with Crippen LogP contribution >= 0.6 is 0 Å². The van der Waals surface area contributed by atoms with Gasteiger partial charge in [-0.05, 0) is 19.0 Å². The SMILES string of the molecule is O=C([O-])[O-].O=[N+]([O-])C1CCCCC1.[K+].[K+]. The minimum atomic E-state index is -2.33. The molecule has 1 fully saturated rings. The monoisotopic (exact) mass is 267 g/mol. The van der Waals surface area contributed by atoms with Crippen LogP contribution in [0.4, 0.5) is 4.79 Å². The summed E-state index contributed by atoms with van der Waals surface area (Å²) in [4.78, 5) is 18.4. The number of rotatable bonds is 1. The Morgan fingerprint density at radius 1 is 1.07 bits per heavy atom. The molecule has 0 bridgehead atoms. The van der Waals surface area contributed by atoms with Crippen LogP contribution in [0.2, 0.25) is 0 Å². The van der Waals surface area contributed by atoms with Crippen molar-refractivity contribution in [2.75, 3.05) is 0 Å². The molecule has 0 aromatic carbocycles. The van der Waals surface area contributed by atoms with E-state index in [2.05, 4.69) is 0 Å². The van der Waals surface area contributed by atoms with E-state index in [1.807, 2.05) is 0 Å². The standard InChI is InChI=1S/C6H11NO2.CH2O3.2K/c8-7(9)6-4-2-1-3-5-6;2-1(3)4;;/h6H,1-5H2;(H2,2,3,4);;/q;;2*+1/p-2. The van der Waals surface area contributed by atoms with Gasteiger partial charge in [-0.3, -0.25) is 10.1 Å². The van der Waals surface area contributed by atoms with Crippen molar-refractivity contribution in [1.29, 1.82) is 0 Å². The van der Waals surface area contributed by atoms with Crippen molar-refractivity contribution in [3.63, 3.8) is 0 Å². The molecule has 0 atom stereocenters. The van der Waals surface area contributed by atoms with Crippen molar-refractivity contribution in [2.24, 2.45) is 0 Å². The third-order valence-corrected chi connectivity index (χ3v) is 1.87. The first-order valence-corrected chi connectivity index (χ1v) is 4.05. The average molecular weight is 267 g/mol. The van der Waals surface area contributed by atoms with Gasteiger partial charge in [-0.25, -0.2) is 0 Å². The third-order valence-electron chi connectivity index (χ3n) is 1.87. The number of nitrogens with zero attached hydrogens (tertiary/aromatic N) is 1. The summed E-state index contributed by atoms with van der Waals surface area (Å²) in [7, 11) is 0. The van der Waals surface area contributed by atoms with Crippen LogP contribution in [-0.2, 0) is 0 Å². The van der Waals surface area contributed by atoms with Gasteiger partial charge >= 0.3 is 103 Å². The summed E-state index contributed by atoms with van der Waals surface area (Å²) in [5.41, 5.74) is 0. The average Bonchev–Trinajstić information content (AvgIpc) is 2.05. The summed E-state index contributed by atoms with van der Waals surface area (Å²) >= 11 is 0. The fourth-order valence-corrected chi connectivity index (χ4v) is 1.29. The van der Waals surface area contributed by atoms with Crippen LogP contribution in [0.15, 0.2) is 0 Å². The van der Waals surface area contributed by atoms with Gasteiger partial charge in [0.25, 0.3) is 0 Å². The summed E-state index contributed by atoms with van der Waals surface area (Å²) in [6.45, 7) is 0. The maximum absolute atomic E-state index is 10.2. The third kappa shape index (κ3) is 15.9. The Morgan fingerprint density at radius 2 is 1.40 bits per heavy atom. The van der Waals surface area contributed by atoms with Crippen LogP contribution in [-0.4, -0.2) is 17.1 Å². The Hall–Kier alpha value is 1.94. The second-order valence-corrected chi connectivity index (χ2v) is 2.83. The van der Waals surface area contributed by atoms with E-state index in [0.717, 1.165) is 25.7 Å². The van der Waals surface area contributed by atoms with Gasteiger partial charge in [-0.1, -0.05) is 6.42 Å². The summed E-state index contributed by atoms with van der Waals surface area (Å²) in [5.74, 6) is 0. The van der Waals surface area contributed by atoms with E-state index in [1.165, 1.54) is 6.42 Å². The van der Waals surface area contributed by atoms with E-state index >= 15 is 0 Å². The second-order valence-electron chi connectivity index (χ2n) is 2.83. The zero-order valence-corrected chi connectivity index (χ0v) is 15.3. The van der Waals surface area contributed by atoms with E-state index in [0.29, 0.717) is 0 Å². The van der Waals surface area contributed by atoms with Gasteiger partial charge in [-0.2, -0.15) is 0 Å². The van der Waals surface area contributed by atoms with Crippen LogP contribution < -0.4 is 113 Å². The van der Waals surface area contributed by atoms with Crippen LogP contribution in [0.5, 0.6) is 0 Å². The van der Waals surface area contributed by atoms with Crippen molar-refractivity contribution in [1.82, 2.24) is 0 Å². The number of nitro groups is 1. The topological polar surface area (TPSA) is 106 Å². The van der Waals surface area contributed by atoms with E-state index in [4.69, 9.17) is 15.0 Å². The predicted octanol–water partition coefficient (Wildman–Crippen LogP) is -6.84. The fourth-order valence-electron chi connectivity index (χ4n) is 1.29. The second kappa shape index (κ2) is 14.0. The van der Waals surface area contributed by atoms with Crippen molar-refractivity contribution >= 4 is 6.16 Å². The smallest absolute Gasteiger partial charge is 0.652 e. The van der Waals surface area contributed by atoms with Crippen LogP contribution in [0.3, 0.4) is 0 Å². The Bertz CT molecular complexity index is 180.